The molecule has 0 saturated carbocycles. The van der Waals surface area contributed by atoms with Crippen LogP contribution in [0.4, 0.5) is 13.2 Å². The first-order valence-electron chi connectivity index (χ1n) is 4.15. The SMILES string of the molecule is NCc1c(CO)ncc(O)c1OC(F)(F)F. The van der Waals surface area contributed by atoms with Crippen LogP contribution in [0.1, 0.15) is 11.3 Å². The van der Waals surface area contributed by atoms with E-state index in [1.165, 1.54) is 0 Å². The van der Waals surface area contributed by atoms with Crippen LogP contribution in [0.3, 0.4) is 0 Å². The van der Waals surface area contributed by atoms with Crippen LogP contribution in [0.25, 0.3) is 0 Å². The number of pyridine rings is 1. The van der Waals surface area contributed by atoms with Gasteiger partial charge in [0.05, 0.1) is 18.5 Å². The summed E-state index contributed by atoms with van der Waals surface area (Å²) in [5.41, 5.74) is 4.95. The van der Waals surface area contributed by atoms with Gasteiger partial charge >= 0.3 is 6.36 Å². The summed E-state index contributed by atoms with van der Waals surface area (Å²) in [5.74, 6) is -1.61. The molecule has 0 unspecified atom stereocenters. The summed E-state index contributed by atoms with van der Waals surface area (Å²) >= 11 is 0. The van der Waals surface area contributed by atoms with Crippen molar-refractivity contribution in [1.29, 1.82) is 0 Å². The molecule has 0 aliphatic heterocycles. The Bertz CT molecular complexity index is 382. The van der Waals surface area contributed by atoms with Crippen molar-refractivity contribution in [2.45, 2.75) is 19.5 Å². The number of aromatic hydroxyl groups is 1. The highest BCUT2D eigenvalue weighted by molar-refractivity contribution is 5.46. The molecule has 1 aromatic heterocycles. The Hall–Kier alpha value is -1.54. The fourth-order valence-corrected chi connectivity index (χ4v) is 1.14. The number of aliphatic hydroxyl groups excluding tert-OH is 1. The van der Waals surface area contributed by atoms with Crippen LogP contribution < -0.4 is 10.5 Å². The molecule has 1 aromatic rings. The third-order valence-electron chi connectivity index (χ3n) is 1.77. The second-order valence-corrected chi connectivity index (χ2v) is 2.81. The Morgan fingerprint density at radius 1 is 1.44 bits per heavy atom. The molecule has 0 spiro atoms. The van der Waals surface area contributed by atoms with E-state index in [0.717, 1.165) is 6.20 Å². The van der Waals surface area contributed by atoms with Gasteiger partial charge in [-0.1, -0.05) is 0 Å². The van der Waals surface area contributed by atoms with Gasteiger partial charge < -0.3 is 20.7 Å². The van der Waals surface area contributed by atoms with Crippen LogP contribution in [0.2, 0.25) is 0 Å². The quantitative estimate of drug-likeness (QED) is 0.719. The second kappa shape index (κ2) is 4.54. The van der Waals surface area contributed by atoms with Gasteiger partial charge in [0.25, 0.3) is 0 Å². The van der Waals surface area contributed by atoms with Crippen molar-refractivity contribution in [3.63, 3.8) is 0 Å². The Kier molecular flexibility index (Phi) is 3.55. The van der Waals surface area contributed by atoms with Gasteiger partial charge in [0.15, 0.2) is 11.5 Å². The maximum atomic E-state index is 12.0. The largest absolute Gasteiger partial charge is 0.573 e. The normalized spacial score (nSPS) is 11.6. The van der Waals surface area contributed by atoms with E-state index in [0.29, 0.717) is 0 Å². The molecule has 0 amide bonds. The molecular weight excluding hydrogens is 229 g/mol. The Labute approximate surface area is 88.3 Å². The average molecular weight is 238 g/mol. The molecule has 0 aliphatic rings. The molecule has 1 heterocycles. The minimum Gasteiger partial charge on any atom is -0.503 e. The molecule has 90 valence electrons. The third-order valence-corrected chi connectivity index (χ3v) is 1.77. The number of hydrogen-bond donors (Lipinski definition) is 3. The van der Waals surface area contributed by atoms with Crippen molar-refractivity contribution in [3.05, 3.63) is 17.5 Å². The number of alkyl halides is 3. The molecule has 0 aromatic carbocycles. The Morgan fingerprint density at radius 3 is 2.50 bits per heavy atom. The Morgan fingerprint density at radius 2 is 2.06 bits per heavy atom. The number of rotatable bonds is 3. The van der Waals surface area contributed by atoms with Crippen molar-refractivity contribution in [2.75, 3.05) is 0 Å². The van der Waals surface area contributed by atoms with Crippen LogP contribution in [0.15, 0.2) is 6.20 Å². The van der Waals surface area contributed by atoms with E-state index in [9.17, 15) is 18.3 Å². The zero-order chi connectivity index (χ0) is 12.3. The lowest BCUT2D eigenvalue weighted by atomic mass is 10.1. The maximum Gasteiger partial charge on any atom is 0.573 e. The van der Waals surface area contributed by atoms with Gasteiger partial charge in [-0.25, -0.2) is 0 Å². The summed E-state index contributed by atoms with van der Waals surface area (Å²) in [7, 11) is 0. The standard InChI is InChI=1S/C8H9F3N2O3/c9-8(10,11)16-7-4(1-12)5(3-14)13-2-6(7)15/h2,14-15H,1,3,12H2. The summed E-state index contributed by atoms with van der Waals surface area (Å²) in [6.45, 7) is -0.941. The molecule has 1 rings (SSSR count). The van der Waals surface area contributed by atoms with Gasteiger partial charge in [0, 0.05) is 12.1 Å². The molecule has 0 aliphatic carbocycles. The van der Waals surface area contributed by atoms with E-state index in [1.54, 1.807) is 0 Å². The number of nitrogens with zero attached hydrogens (tertiary/aromatic N) is 1. The van der Waals surface area contributed by atoms with Crippen molar-refractivity contribution in [3.8, 4) is 11.5 Å². The number of nitrogens with two attached hydrogens (primary N) is 1. The van der Waals surface area contributed by atoms with E-state index >= 15 is 0 Å². The maximum absolute atomic E-state index is 12.0. The molecule has 0 radical (unpaired) electrons. The fourth-order valence-electron chi connectivity index (χ4n) is 1.14. The molecule has 8 heteroatoms. The Balaban J connectivity index is 3.23. The molecule has 5 nitrogen and oxygen atoms in total. The highest BCUT2D eigenvalue weighted by Gasteiger charge is 2.34. The minimum absolute atomic E-state index is 0.0699. The lowest BCUT2D eigenvalue weighted by Crippen LogP contribution is -2.20. The zero-order valence-corrected chi connectivity index (χ0v) is 7.95. The van der Waals surface area contributed by atoms with Crippen LogP contribution >= 0.6 is 0 Å². The van der Waals surface area contributed by atoms with Gasteiger partial charge in [-0.2, -0.15) is 0 Å². The summed E-state index contributed by atoms with van der Waals surface area (Å²) in [4.78, 5) is 3.53. The smallest absolute Gasteiger partial charge is 0.503 e. The van der Waals surface area contributed by atoms with E-state index in [4.69, 9.17) is 10.8 Å². The fraction of sp³-hybridized carbons (Fsp3) is 0.375. The topological polar surface area (TPSA) is 88.6 Å². The second-order valence-electron chi connectivity index (χ2n) is 2.81. The number of halogens is 3. The summed E-state index contributed by atoms with van der Waals surface area (Å²) in [5, 5.41) is 18.0. The van der Waals surface area contributed by atoms with Gasteiger partial charge in [0.1, 0.15) is 0 Å². The molecule has 0 bridgehead atoms. The van der Waals surface area contributed by atoms with Crippen LogP contribution in [0, 0.1) is 0 Å². The monoisotopic (exact) mass is 238 g/mol. The van der Waals surface area contributed by atoms with Crippen molar-refractivity contribution in [2.24, 2.45) is 5.73 Å². The minimum atomic E-state index is -4.95. The molecule has 16 heavy (non-hydrogen) atoms. The zero-order valence-electron chi connectivity index (χ0n) is 7.95. The van der Waals surface area contributed by atoms with E-state index < -0.39 is 24.5 Å². The average Bonchev–Trinajstić information content (AvgIpc) is 2.19. The molecule has 0 saturated heterocycles. The predicted molar refractivity (Wildman–Crippen MR) is 46.4 cm³/mol. The first-order chi connectivity index (χ1) is 7.39. The number of hydrogen-bond acceptors (Lipinski definition) is 5. The van der Waals surface area contributed by atoms with Gasteiger partial charge in [-0.3, -0.25) is 4.98 Å². The summed E-state index contributed by atoms with van der Waals surface area (Å²) in [6, 6.07) is 0. The van der Waals surface area contributed by atoms with Gasteiger partial charge in [0.2, 0.25) is 0 Å². The molecule has 0 atom stereocenters. The number of aliphatic hydroxyl groups is 1. The van der Waals surface area contributed by atoms with Crippen molar-refractivity contribution < 1.29 is 28.1 Å². The summed E-state index contributed by atoms with van der Waals surface area (Å²) in [6.07, 6.45) is -4.19. The lowest BCUT2D eigenvalue weighted by Gasteiger charge is -2.15. The highest BCUT2D eigenvalue weighted by Crippen LogP contribution is 2.35. The van der Waals surface area contributed by atoms with Crippen molar-refractivity contribution in [1.82, 2.24) is 4.98 Å². The molecular formula is C8H9F3N2O3. The van der Waals surface area contributed by atoms with Gasteiger partial charge in [-0.05, 0) is 0 Å². The first-order valence-corrected chi connectivity index (χ1v) is 4.15. The molecule has 0 fully saturated rings. The van der Waals surface area contributed by atoms with Crippen LogP contribution in [-0.2, 0) is 13.2 Å². The van der Waals surface area contributed by atoms with Crippen LogP contribution in [0.5, 0.6) is 11.5 Å². The van der Waals surface area contributed by atoms with Crippen LogP contribution in [-0.4, -0.2) is 21.6 Å². The van der Waals surface area contributed by atoms with E-state index in [-0.39, 0.29) is 17.8 Å². The highest BCUT2D eigenvalue weighted by atomic mass is 19.4. The third kappa shape index (κ3) is 2.74. The van der Waals surface area contributed by atoms with Crippen molar-refractivity contribution >= 4 is 0 Å². The first kappa shape index (κ1) is 12.5. The summed E-state index contributed by atoms with van der Waals surface area (Å²) < 4.78 is 39.7. The number of aromatic nitrogens is 1. The predicted octanol–water partition coefficient (Wildman–Crippen LogP) is 0.637. The molecule has 4 N–H and O–H groups in total. The number of ether oxygens (including phenoxy) is 1. The van der Waals surface area contributed by atoms with E-state index in [2.05, 4.69) is 9.72 Å². The van der Waals surface area contributed by atoms with E-state index in [1.807, 2.05) is 0 Å². The van der Waals surface area contributed by atoms with Gasteiger partial charge in [-0.15, -0.1) is 13.2 Å². The lowest BCUT2D eigenvalue weighted by molar-refractivity contribution is -0.275.